The molecule has 0 aromatic heterocycles. The molecule has 0 aliphatic heterocycles. The maximum atomic E-state index is 9.21. The van der Waals surface area contributed by atoms with Gasteiger partial charge in [-0.05, 0) is 19.1 Å². The van der Waals surface area contributed by atoms with Crippen LogP contribution in [0.15, 0.2) is 18.2 Å². The van der Waals surface area contributed by atoms with Crippen molar-refractivity contribution in [1.29, 1.82) is 0 Å². The summed E-state index contributed by atoms with van der Waals surface area (Å²) in [6.45, 7) is 2.48. The highest BCUT2D eigenvalue weighted by Crippen LogP contribution is 2.33. The number of phenolic OH excluding ortho intramolecular Hbond substituents is 2. The number of rotatable bonds is 3. The third kappa shape index (κ3) is 1.79. The second-order valence-electron chi connectivity index (χ2n) is 2.22. The molecule has 1 aromatic rings. The first-order chi connectivity index (χ1) is 5.75. The van der Waals surface area contributed by atoms with Gasteiger partial charge in [-0.2, -0.15) is 5.48 Å². The fourth-order valence-electron chi connectivity index (χ4n) is 0.743. The second-order valence-corrected chi connectivity index (χ2v) is 2.22. The highest BCUT2D eigenvalue weighted by molar-refractivity contribution is 5.48. The van der Waals surface area contributed by atoms with Crippen LogP contribution in [0.4, 0.5) is 0 Å². The van der Waals surface area contributed by atoms with Gasteiger partial charge in [0, 0.05) is 6.54 Å². The summed E-state index contributed by atoms with van der Waals surface area (Å²) < 4.78 is 0. The molecule has 0 fully saturated rings. The number of hydrogen-bond donors (Lipinski definition) is 3. The Morgan fingerprint density at radius 1 is 1.42 bits per heavy atom. The van der Waals surface area contributed by atoms with E-state index in [1.807, 2.05) is 6.92 Å². The number of nitrogens with one attached hydrogen (secondary N) is 1. The maximum absolute atomic E-state index is 9.21. The predicted octanol–water partition coefficient (Wildman–Crippen LogP) is 1.00. The molecule has 1 aromatic carbocycles. The molecule has 0 unspecified atom stereocenters. The van der Waals surface area contributed by atoms with E-state index in [9.17, 15) is 5.11 Å². The number of hydroxylamine groups is 1. The van der Waals surface area contributed by atoms with E-state index in [0.29, 0.717) is 6.54 Å². The summed E-state index contributed by atoms with van der Waals surface area (Å²) in [5, 5.41) is 18.3. The van der Waals surface area contributed by atoms with Crippen molar-refractivity contribution in [3.8, 4) is 17.2 Å². The molecule has 0 amide bonds. The van der Waals surface area contributed by atoms with Gasteiger partial charge in [-0.25, -0.2) is 0 Å². The lowest BCUT2D eigenvalue weighted by molar-refractivity contribution is 0.192. The van der Waals surface area contributed by atoms with Crippen molar-refractivity contribution in [1.82, 2.24) is 5.48 Å². The third-order valence-corrected chi connectivity index (χ3v) is 1.30. The fourth-order valence-corrected chi connectivity index (χ4v) is 0.743. The second kappa shape index (κ2) is 3.82. The van der Waals surface area contributed by atoms with E-state index in [2.05, 4.69) is 5.48 Å². The van der Waals surface area contributed by atoms with Gasteiger partial charge in [-0.1, -0.05) is 6.07 Å². The lowest BCUT2D eigenvalue weighted by atomic mass is 10.3. The number of benzene rings is 1. The summed E-state index contributed by atoms with van der Waals surface area (Å²) in [4.78, 5) is 4.91. The third-order valence-electron chi connectivity index (χ3n) is 1.30. The number of para-hydroxylation sites is 1. The summed E-state index contributed by atoms with van der Waals surface area (Å²) in [5.74, 6) is -0.222. The first kappa shape index (κ1) is 8.67. The lowest BCUT2D eigenvalue weighted by Gasteiger charge is -2.06. The molecule has 66 valence electrons. The Hall–Kier alpha value is -1.42. The number of hydrogen-bond acceptors (Lipinski definition) is 4. The molecule has 0 aliphatic rings. The van der Waals surface area contributed by atoms with Crippen molar-refractivity contribution in [3.63, 3.8) is 0 Å². The van der Waals surface area contributed by atoms with Gasteiger partial charge in [0.05, 0.1) is 0 Å². The molecular weight excluding hydrogens is 158 g/mol. The molecule has 0 radical (unpaired) electrons. The molecule has 12 heavy (non-hydrogen) atoms. The van der Waals surface area contributed by atoms with Crippen molar-refractivity contribution in [2.24, 2.45) is 0 Å². The van der Waals surface area contributed by atoms with Gasteiger partial charge >= 0.3 is 0 Å². The molecule has 4 nitrogen and oxygen atoms in total. The van der Waals surface area contributed by atoms with Crippen molar-refractivity contribution < 1.29 is 15.1 Å². The van der Waals surface area contributed by atoms with E-state index >= 15 is 0 Å². The molecule has 0 atom stereocenters. The number of aromatic hydroxyl groups is 2. The van der Waals surface area contributed by atoms with Crippen LogP contribution in [-0.2, 0) is 0 Å². The van der Waals surface area contributed by atoms with Crippen LogP contribution in [0.5, 0.6) is 17.2 Å². The van der Waals surface area contributed by atoms with Crippen LogP contribution in [0.3, 0.4) is 0 Å². The Bertz CT molecular complexity index is 262. The van der Waals surface area contributed by atoms with E-state index < -0.39 is 0 Å². The Morgan fingerprint density at radius 2 is 2.17 bits per heavy atom. The van der Waals surface area contributed by atoms with Crippen LogP contribution in [-0.4, -0.2) is 16.8 Å². The molecule has 0 heterocycles. The minimum atomic E-state index is -0.251. The van der Waals surface area contributed by atoms with Crippen LogP contribution in [0.25, 0.3) is 0 Å². The van der Waals surface area contributed by atoms with Crippen molar-refractivity contribution in [2.75, 3.05) is 6.54 Å². The molecule has 0 bridgehead atoms. The standard InChI is InChI=1S/C8H11NO3/c1-2-9-12-7-5-3-4-6(10)8(7)11/h3-5,9-11H,2H2,1H3. The van der Waals surface area contributed by atoms with Gasteiger partial charge in [0.25, 0.3) is 0 Å². The molecule has 1 rings (SSSR count). The van der Waals surface area contributed by atoms with Gasteiger partial charge in [-0.15, -0.1) is 0 Å². The summed E-state index contributed by atoms with van der Waals surface area (Å²) in [6.07, 6.45) is 0. The van der Waals surface area contributed by atoms with Crippen LogP contribution in [0.1, 0.15) is 6.92 Å². The molecular formula is C8H11NO3. The van der Waals surface area contributed by atoms with Gasteiger partial charge in [0.1, 0.15) is 0 Å². The molecule has 0 saturated carbocycles. The largest absolute Gasteiger partial charge is 0.504 e. The summed E-state index contributed by atoms with van der Waals surface area (Å²) in [7, 11) is 0. The Morgan fingerprint density at radius 3 is 2.83 bits per heavy atom. The Labute approximate surface area is 70.4 Å². The minimum absolute atomic E-state index is 0.189. The fraction of sp³-hybridized carbons (Fsp3) is 0.250. The van der Waals surface area contributed by atoms with Crippen LogP contribution >= 0.6 is 0 Å². The monoisotopic (exact) mass is 169 g/mol. The van der Waals surface area contributed by atoms with Crippen molar-refractivity contribution in [3.05, 3.63) is 18.2 Å². The SMILES string of the molecule is CCNOc1cccc(O)c1O. The minimum Gasteiger partial charge on any atom is -0.504 e. The normalized spacial score (nSPS) is 9.75. The van der Waals surface area contributed by atoms with E-state index in [1.54, 1.807) is 12.1 Å². The zero-order chi connectivity index (χ0) is 8.97. The summed E-state index contributed by atoms with van der Waals surface area (Å²) in [6, 6.07) is 4.52. The smallest absolute Gasteiger partial charge is 0.203 e. The van der Waals surface area contributed by atoms with Crippen molar-refractivity contribution >= 4 is 0 Å². The summed E-state index contributed by atoms with van der Waals surface area (Å²) >= 11 is 0. The average Bonchev–Trinajstić information content (AvgIpc) is 2.08. The van der Waals surface area contributed by atoms with Gasteiger partial charge < -0.3 is 15.1 Å². The van der Waals surface area contributed by atoms with Crippen LogP contribution < -0.4 is 10.3 Å². The molecule has 4 heteroatoms. The first-order valence-corrected chi connectivity index (χ1v) is 3.66. The van der Waals surface area contributed by atoms with Crippen LogP contribution in [0.2, 0.25) is 0 Å². The Kier molecular flexibility index (Phi) is 2.76. The zero-order valence-corrected chi connectivity index (χ0v) is 6.74. The topological polar surface area (TPSA) is 61.7 Å². The molecule has 0 spiro atoms. The van der Waals surface area contributed by atoms with Crippen molar-refractivity contribution in [2.45, 2.75) is 6.92 Å². The van der Waals surface area contributed by atoms with E-state index in [-0.39, 0.29) is 17.2 Å². The number of phenols is 2. The Balaban J connectivity index is 2.78. The van der Waals surface area contributed by atoms with Gasteiger partial charge in [-0.3, -0.25) is 0 Å². The highest BCUT2D eigenvalue weighted by Gasteiger charge is 2.05. The zero-order valence-electron chi connectivity index (χ0n) is 6.74. The van der Waals surface area contributed by atoms with Crippen LogP contribution in [0, 0.1) is 0 Å². The molecule has 0 saturated heterocycles. The van der Waals surface area contributed by atoms with Gasteiger partial charge in [0.2, 0.25) is 5.75 Å². The van der Waals surface area contributed by atoms with E-state index in [0.717, 1.165) is 0 Å². The summed E-state index contributed by atoms with van der Waals surface area (Å²) in [5.41, 5.74) is 2.56. The molecule has 0 aliphatic carbocycles. The highest BCUT2D eigenvalue weighted by atomic mass is 16.6. The predicted molar refractivity (Wildman–Crippen MR) is 44.1 cm³/mol. The van der Waals surface area contributed by atoms with E-state index in [1.165, 1.54) is 6.07 Å². The van der Waals surface area contributed by atoms with Gasteiger partial charge in [0.15, 0.2) is 11.5 Å². The maximum Gasteiger partial charge on any atom is 0.203 e. The quantitative estimate of drug-likeness (QED) is 0.466. The average molecular weight is 169 g/mol. The lowest BCUT2D eigenvalue weighted by Crippen LogP contribution is -2.17. The first-order valence-electron chi connectivity index (χ1n) is 3.66. The molecule has 3 N–H and O–H groups in total. The van der Waals surface area contributed by atoms with E-state index in [4.69, 9.17) is 9.94 Å².